The van der Waals surface area contributed by atoms with Gasteiger partial charge in [-0.3, -0.25) is 19.8 Å². The lowest BCUT2D eigenvalue weighted by atomic mass is 9.92. The van der Waals surface area contributed by atoms with Crippen LogP contribution in [0.2, 0.25) is 5.02 Å². The van der Waals surface area contributed by atoms with E-state index < -0.39 is 40.3 Å². The Kier molecular flexibility index (Phi) is 9.29. The first-order chi connectivity index (χ1) is 19.3. The van der Waals surface area contributed by atoms with Crippen molar-refractivity contribution in [2.45, 2.75) is 56.4 Å². The highest BCUT2D eigenvalue weighted by Crippen LogP contribution is 2.38. The van der Waals surface area contributed by atoms with E-state index in [1.165, 1.54) is 6.07 Å². The molecule has 0 bridgehead atoms. The van der Waals surface area contributed by atoms with E-state index in [-0.39, 0.29) is 28.7 Å². The molecule has 4 rings (SSSR count). The highest BCUT2D eigenvalue weighted by Gasteiger charge is 2.39. The maximum absolute atomic E-state index is 13.3. The third kappa shape index (κ3) is 7.57. The molecule has 16 heteroatoms. The summed E-state index contributed by atoms with van der Waals surface area (Å²) in [6, 6.07) is 3.45. The van der Waals surface area contributed by atoms with Gasteiger partial charge in [0.25, 0.3) is 5.69 Å². The standard InChI is InChI=1S/C25H26ClF6N5O4/c26-20-11-15(24(27,28)29)13-33-23(20)36-9-7-35(8-10-36)22(14-38)41-18-4-1-16(2-5-18)34-17-3-6-21(37(39)40)19(12-17)25(30,31)32/h3,6,11-14,16,18,22,34H,1-2,4-5,7-10H2. The van der Waals surface area contributed by atoms with Crippen LogP contribution in [0.3, 0.4) is 0 Å². The van der Waals surface area contributed by atoms with Gasteiger partial charge in [-0.05, 0) is 43.9 Å². The van der Waals surface area contributed by atoms with Crippen molar-refractivity contribution in [3.8, 4) is 0 Å². The summed E-state index contributed by atoms with van der Waals surface area (Å²) in [4.78, 5) is 29.2. The molecule has 1 unspecified atom stereocenters. The minimum atomic E-state index is -4.87. The zero-order valence-corrected chi connectivity index (χ0v) is 22.2. The third-order valence-corrected chi connectivity index (χ3v) is 7.39. The minimum Gasteiger partial charge on any atom is -0.382 e. The molecule has 2 heterocycles. The molecule has 1 aliphatic heterocycles. The maximum Gasteiger partial charge on any atom is 0.423 e. The number of halogens is 7. The lowest BCUT2D eigenvalue weighted by Gasteiger charge is -2.39. The Morgan fingerprint density at radius 1 is 1.05 bits per heavy atom. The number of anilines is 2. The number of nitro groups is 1. The second-order valence-electron chi connectivity index (χ2n) is 9.82. The molecule has 2 aliphatic rings. The Morgan fingerprint density at radius 2 is 1.71 bits per heavy atom. The van der Waals surface area contributed by atoms with Crippen molar-refractivity contribution in [2.75, 3.05) is 36.4 Å². The van der Waals surface area contributed by atoms with Crippen LogP contribution in [0.25, 0.3) is 0 Å². The number of alkyl halides is 6. The van der Waals surface area contributed by atoms with Crippen LogP contribution < -0.4 is 10.2 Å². The van der Waals surface area contributed by atoms with Crippen molar-refractivity contribution in [3.05, 3.63) is 56.7 Å². The molecule has 1 aromatic heterocycles. The smallest absolute Gasteiger partial charge is 0.382 e. The topological polar surface area (TPSA) is 101 Å². The van der Waals surface area contributed by atoms with Crippen LogP contribution in [0.4, 0.5) is 43.5 Å². The Labute approximate surface area is 235 Å². The molecule has 1 N–H and O–H groups in total. The van der Waals surface area contributed by atoms with Gasteiger partial charge in [-0.1, -0.05) is 11.6 Å². The summed E-state index contributed by atoms with van der Waals surface area (Å²) in [5.74, 6) is 0.226. The molecular weight excluding hydrogens is 584 g/mol. The van der Waals surface area contributed by atoms with Crippen molar-refractivity contribution in [1.29, 1.82) is 0 Å². The summed E-state index contributed by atoms with van der Waals surface area (Å²) in [5.41, 5.74) is -3.16. The van der Waals surface area contributed by atoms with Gasteiger partial charge in [-0.15, -0.1) is 0 Å². The van der Waals surface area contributed by atoms with Gasteiger partial charge in [-0.2, -0.15) is 26.3 Å². The number of aldehydes is 1. The van der Waals surface area contributed by atoms with Gasteiger partial charge in [-0.25, -0.2) is 4.98 Å². The molecule has 224 valence electrons. The fourth-order valence-corrected chi connectivity index (χ4v) is 5.28. The first-order valence-corrected chi connectivity index (χ1v) is 13.1. The molecule has 2 aromatic rings. The summed E-state index contributed by atoms with van der Waals surface area (Å²) in [6.07, 6.45) is -6.98. The van der Waals surface area contributed by atoms with E-state index in [9.17, 15) is 41.3 Å². The average molecular weight is 610 g/mol. The first-order valence-electron chi connectivity index (χ1n) is 12.7. The number of aromatic nitrogens is 1. The minimum absolute atomic E-state index is 0.120. The molecule has 0 radical (unpaired) electrons. The monoisotopic (exact) mass is 609 g/mol. The SMILES string of the molecule is O=CC(OC1CCC(Nc2ccc([N+](=O)[O-])c(C(F)(F)F)c2)CC1)N1CCN(c2ncc(C(F)(F)F)cc2Cl)CC1. The Hall–Kier alpha value is -3.17. The summed E-state index contributed by atoms with van der Waals surface area (Å²) in [5, 5.41) is 13.9. The highest BCUT2D eigenvalue weighted by molar-refractivity contribution is 6.33. The quantitative estimate of drug-likeness (QED) is 0.174. The zero-order valence-electron chi connectivity index (χ0n) is 21.4. The highest BCUT2D eigenvalue weighted by atomic mass is 35.5. The number of hydrogen-bond donors (Lipinski definition) is 1. The van der Waals surface area contributed by atoms with E-state index in [2.05, 4.69) is 10.3 Å². The van der Waals surface area contributed by atoms with Gasteiger partial charge in [0.2, 0.25) is 0 Å². The van der Waals surface area contributed by atoms with Crippen LogP contribution in [-0.2, 0) is 21.9 Å². The Morgan fingerprint density at radius 3 is 2.24 bits per heavy atom. The molecule has 0 spiro atoms. The van der Waals surface area contributed by atoms with E-state index in [1.54, 1.807) is 9.80 Å². The Bertz CT molecular complexity index is 1250. The van der Waals surface area contributed by atoms with E-state index in [0.29, 0.717) is 58.1 Å². The van der Waals surface area contributed by atoms with E-state index >= 15 is 0 Å². The number of carbonyl (C=O) groups excluding carboxylic acids is 1. The second kappa shape index (κ2) is 12.4. The molecule has 2 fully saturated rings. The van der Waals surface area contributed by atoms with Crippen molar-refractivity contribution < 1.29 is 40.8 Å². The number of rotatable bonds is 8. The molecule has 1 aliphatic carbocycles. The fourth-order valence-electron chi connectivity index (χ4n) is 5.00. The second-order valence-corrected chi connectivity index (χ2v) is 10.2. The van der Waals surface area contributed by atoms with E-state index in [1.807, 2.05) is 0 Å². The first kappa shape index (κ1) is 30.8. The third-order valence-electron chi connectivity index (χ3n) is 7.11. The lowest BCUT2D eigenvalue weighted by molar-refractivity contribution is -0.388. The molecule has 0 amide bonds. The van der Waals surface area contributed by atoms with E-state index in [0.717, 1.165) is 24.4 Å². The number of nitro benzene ring substituents is 1. The molecule has 1 aromatic carbocycles. The van der Waals surface area contributed by atoms with Crippen LogP contribution in [0.5, 0.6) is 0 Å². The van der Waals surface area contributed by atoms with Gasteiger partial charge in [0.15, 0.2) is 12.5 Å². The number of ether oxygens (including phenoxy) is 1. The predicted molar refractivity (Wildman–Crippen MR) is 137 cm³/mol. The number of nitrogens with zero attached hydrogens (tertiary/aromatic N) is 4. The number of hydrogen-bond acceptors (Lipinski definition) is 8. The van der Waals surface area contributed by atoms with Gasteiger partial charge in [0.05, 0.1) is 21.6 Å². The molecular formula is C25H26ClF6N5O4. The number of pyridine rings is 1. The van der Waals surface area contributed by atoms with Gasteiger partial charge < -0.3 is 15.0 Å². The number of benzene rings is 1. The Balaban J connectivity index is 1.28. The summed E-state index contributed by atoms with van der Waals surface area (Å²) in [7, 11) is 0. The lowest BCUT2D eigenvalue weighted by Crippen LogP contribution is -2.53. The van der Waals surface area contributed by atoms with Crippen LogP contribution in [0, 0.1) is 10.1 Å². The van der Waals surface area contributed by atoms with Crippen molar-refractivity contribution >= 4 is 35.1 Å². The van der Waals surface area contributed by atoms with Crippen LogP contribution in [-0.4, -0.2) is 65.6 Å². The van der Waals surface area contributed by atoms with Crippen molar-refractivity contribution in [2.24, 2.45) is 0 Å². The maximum atomic E-state index is 13.3. The normalized spacial score (nSPS) is 21.4. The summed E-state index contributed by atoms with van der Waals surface area (Å²) < 4.78 is 84.5. The molecule has 1 atom stereocenters. The van der Waals surface area contributed by atoms with Crippen LogP contribution in [0.15, 0.2) is 30.5 Å². The van der Waals surface area contributed by atoms with Gasteiger partial charge in [0.1, 0.15) is 11.4 Å². The molecule has 1 saturated heterocycles. The van der Waals surface area contributed by atoms with Gasteiger partial charge in [0, 0.05) is 50.2 Å². The van der Waals surface area contributed by atoms with Crippen LogP contribution >= 0.6 is 11.6 Å². The summed E-state index contributed by atoms with van der Waals surface area (Å²) in [6.45, 7) is 1.47. The molecule has 41 heavy (non-hydrogen) atoms. The van der Waals surface area contributed by atoms with Crippen LogP contribution in [0.1, 0.15) is 36.8 Å². The molecule has 1 saturated carbocycles. The van der Waals surface area contributed by atoms with Gasteiger partial charge >= 0.3 is 12.4 Å². The molecule has 9 nitrogen and oxygen atoms in total. The zero-order chi connectivity index (χ0) is 29.9. The predicted octanol–water partition coefficient (Wildman–Crippen LogP) is 5.77. The van der Waals surface area contributed by atoms with Crippen molar-refractivity contribution in [1.82, 2.24) is 9.88 Å². The number of nitrogens with one attached hydrogen (secondary N) is 1. The average Bonchev–Trinajstić information content (AvgIpc) is 2.91. The number of carbonyl (C=O) groups is 1. The van der Waals surface area contributed by atoms with E-state index in [4.69, 9.17) is 16.3 Å². The largest absolute Gasteiger partial charge is 0.423 e. The summed E-state index contributed by atoms with van der Waals surface area (Å²) >= 11 is 6.05. The number of piperazine rings is 1. The van der Waals surface area contributed by atoms with Crippen molar-refractivity contribution in [3.63, 3.8) is 0 Å². The fraction of sp³-hybridized carbons (Fsp3) is 0.520.